The van der Waals surface area contributed by atoms with E-state index in [2.05, 4.69) is 0 Å². The van der Waals surface area contributed by atoms with E-state index in [0.29, 0.717) is 12.8 Å². The number of hydrogen-bond acceptors (Lipinski definition) is 3. The molecule has 0 rings (SSSR count). The summed E-state index contributed by atoms with van der Waals surface area (Å²) in [6.45, 7) is 3.93. The summed E-state index contributed by atoms with van der Waals surface area (Å²) in [6, 6.07) is -2.14. The first-order valence-corrected chi connectivity index (χ1v) is 6.83. The average Bonchev–Trinajstić information content (AvgIpc) is 2.34. The van der Waals surface area contributed by atoms with Crippen LogP contribution in [-0.4, -0.2) is 24.8 Å². The van der Waals surface area contributed by atoms with Crippen molar-refractivity contribution in [2.45, 2.75) is 64.6 Å². The molecule has 0 spiro atoms. The average molecular weight is 283 g/mol. The minimum Gasteiger partial charge on any atom is -0.465 e. The van der Waals surface area contributed by atoms with Crippen LogP contribution in [0.15, 0.2) is 0 Å². The summed E-state index contributed by atoms with van der Waals surface area (Å²) in [7, 11) is 0. The molecule has 2 N–H and O–H groups in total. The van der Waals surface area contributed by atoms with E-state index in [-0.39, 0.29) is 13.0 Å². The first-order chi connectivity index (χ1) is 8.84. The van der Waals surface area contributed by atoms with E-state index in [1.54, 1.807) is 6.92 Å². The summed E-state index contributed by atoms with van der Waals surface area (Å²) >= 11 is 0. The van der Waals surface area contributed by atoms with Gasteiger partial charge in [0.05, 0.1) is 12.5 Å². The lowest BCUT2D eigenvalue weighted by atomic mass is 9.93. The van der Waals surface area contributed by atoms with Gasteiger partial charge in [-0.3, -0.25) is 4.79 Å². The van der Waals surface area contributed by atoms with Crippen LogP contribution in [0.4, 0.5) is 13.2 Å². The number of halogens is 3. The van der Waals surface area contributed by atoms with Crippen LogP contribution >= 0.6 is 0 Å². The van der Waals surface area contributed by atoms with Crippen LogP contribution in [0.25, 0.3) is 0 Å². The summed E-state index contributed by atoms with van der Waals surface area (Å²) in [5.74, 6) is -2.12. The normalized spacial score (nSPS) is 15.1. The highest BCUT2D eigenvalue weighted by molar-refractivity contribution is 5.73. The van der Waals surface area contributed by atoms with Gasteiger partial charge in [0.15, 0.2) is 0 Å². The molecule has 0 aromatic carbocycles. The van der Waals surface area contributed by atoms with Crippen molar-refractivity contribution >= 4 is 5.97 Å². The molecule has 2 atom stereocenters. The summed E-state index contributed by atoms with van der Waals surface area (Å²) in [4.78, 5) is 11.7. The highest BCUT2D eigenvalue weighted by Gasteiger charge is 2.45. The molecule has 0 amide bonds. The van der Waals surface area contributed by atoms with E-state index in [1.807, 2.05) is 6.92 Å². The highest BCUT2D eigenvalue weighted by Crippen LogP contribution is 2.28. The van der Waals surface area contributed by atoms with Crippen molar-refractivity contribution in [2.24, 2.45) is 11.7 Å². The van der Waals surface area contributed by atoms with Crippen molar-refractivity contribution < 1.29 is 22.7 Å². The number of rotatable bonds is 9. The van der Waals surface area contributed by atoms with Crippen molar-refractivity contribution in [1.82, 2.24) is 0 Å². The Morgan fingerprint density at radius 3 is 2.26 bits per heavy atom. The Morgan fingerprint density at radius 2 is 1.79 bits per heavy atom. The lowest BCUT2D eigenvalue weighted by molar-refractivity contribution is -0.177. The van der Waals surface area contributed by atoms with Gasteiger partial charge < -0.3 is 10.5 Å². The van der Waals surface area contributed by atoms with Gasteiger partial charge in [-0.1, -0.05) is 39.5 Å². The molecule has 0 fully saturated rings. The number of carbonyl (C=O) groups excluding carboxylic acids is 1. The molecular formula is C13H24F3NO2. The number of nitrogens with two attached hydrogens (primary N) is 1. The topological polar surface area (TPSA) is 52.3 Å². The Bertz CT molecular complexity index is 257. The number of alkyl halides is 3. The Morgan fingerprint density at radius 1 is 1.16 bits per heavy atom. The third kappa shape index (κ3) is 7.40. The summed E-state index contributed by atoms with van der Waals surface area (Å²) in [5.41, 5.74) is 5.16. The van der Waals surface area contributed by atoms with Crippen LogP contribution in [-0.2, 0) is 9.53 Å². The molecule has 0 aromatic heterocycles. The van der Waals surface area contributed by atoms with Crippen LogP contribution in [0.3, 0.4) is 0 Å². The summed E-state index contributed by atoms with van der Waals surface area (Å²) in [5, 5.41) is 0. The zero-order valence-corrected chi connectivity index (χ0v) is 11.6. The van der Waals surface area contributed by atoms with E-state index in [4.69, 9.17) is 10.5 Å². The van der Waals surface area contributed by atoms with Gasteiger partial charge in [-0.2, -0.15) is 13.2 Å². The van der Waals surface area contributed by atoms with Crippen LogP contribution in [0.1, 0.15) is 52.4 Å². The van der Waals surface area contributed by atoms with Gasteiger partial charge in [0.25, 0.3) is 0 Å². The molecule has 114 valence electrons. The minimum atomic E-state index is -4.57. The second-order valence-electron chi connectivity index (χ2n) is 4.69. The molecule has 0 heterocycles. The second kappa shape index (κ2) is 9.18. The fourth-order valence-corrected chi connectivity index (χ4v) is 1.77. The quantitative estimate of drug-likeness (QED) is 0.521. The Labute approximate surface area is 112 Å². The molecule has 0 unspecified atom stereocenters. The van der Waals surface area contributed by atoms with Crippen molar-refractivity contribution in [2.75, 3.05) is 6.61 Å². The molecule has 0 aliphatic heterocycles. The molecule has 0 bridgehead atoms. The third-order valence-electron chi connectivity index (χ3n) is 2.93. The fourth-order valence-electron chi connectivity index (χ4n) is 1.77. The van der Waals surface area contributed by atoms with E-state index >= 15 is 0 Å². The number of ether oxygens (including phenoxy) is 1. The van der Waals surface area contributed by atoms with Crippen molar-refractivity contribution in [1.29, 1.82) is 0 Å². The van der Waals surface area contributed by atoms with E-state index in [9.17, 15) is 18.0 Å². The Balaban J connectivity index is 4.50. The summed E-state index contributed by atoms with van der Waals surface area (Å²) in [6.07, 6.45) is -0.574. The number of hydrogen-bond donors (Lipinski definition) is 1. The van der Waals surface area contributed by atoms with Gasteiger partial charge >= 0.3 is 12.1 Å². The second-order valence-corrected chi connectivity index (χ2v) is 4.69. The van der Waals surface area contributed by atoms with Gasteiger partial charge in [-0.05, 0) is 12.8 Å². The number of esters is 1. The number of carbonyl (C=O) groups is 1. The predicted molar refractivity (Wildman–Crippen MR) is 67.5 cm³/mol. The standard InChI is InChI=1S/C13H24F3NO2/c1-3-5-6-7-8-10(11(17)13(14,15)16)12(18)19-9-4-2/h10-11H,3-9,17H2,1-2H3/t10-,11-/m0/s1. The van der Waals surface area contributed by atoms with Crippen LogP contribution in [0, 0.1) is 5.92 Å². The maximum Gasteiger partial charge on any atom is 0.404 e. The zero-order chi connectivity index (χ0) is 14.9. The number of unbranched alkanes of at least 4 members (excludes halogenated alkanes) is 3. The van der Waals surface area contributed by atoms with Crippen molar-refractivity contribution in [3.8, 4) is 0 Å². The molecule has 19 heavy (non-hydrogen) atoms. The highest BCUT2D eigenvalue weighted by atomic mass is 19.4. The molecule has 0 saturated heterocycles. The molecule has 0 aromatic rings. The first-order valence-electron chi connectivity index (χ1n) is 6.83. The van der Waals surface area contributed by atoms with Gasteiger partial charge in [0.2, 0.25) is 0 Å². The smallest absolute Gasteiger partial charge is 0.404 e. The monoisotopic (exact) mass is 283 g/mol. The maximum atomic E-state index is 12.6. The molecule has 0 aliphatic rings. The van der Waals surface area contributed by atoms with Gasteiger partial charge in [0, 0.05) is 0 Å². The molecule has 6 heteroatoms. The van der Waals surface area contributed by atoms with Crippen LogP contribution < -0.4 is 5.73 Å². The van der Waals surface area contributed by atoms with E-state index in [0.717, 1.165) is 19.3 Å². The summed E-state index contributed by atoms with van der Waals surface area (Å²) < 4.78 is 42.7. The van der Waals surface area contributed by atoms with Crippen molar-refractivity contribution in [3.05, 3.63) is 0 Å². The first kappa shape index (κ1) is 18.2. The molecule has 0 aliphatic carbocycles. The largest absolute Gasteiger partial charge is 0.465 e. The van der Waals surface area contributed by atoms with Gasteiger partial charge in [0.1, 0.15) is 6.04 Å². The van der Waals surface area contributed by atoms with Gasteiger partial charge in [-0.25, -0.2) is 0 Å². The molecule has 0 radical (unpaired) electrons. The molecule has 0 saturated carbocycles. The van der Waals surface area contributed by atoms with Crippen LogP contribution in [0.5, 0.6) is 0 Å². The van der Waals surface area contributed by atoms with Crippen molar-refractivity contribution in [3.63, 3.8) is 0 Å². The van der Waals surface area contributed by atoms with E-state index < -0.39 is 24.1 Å². The fraction of sp³-hybridized carbons (Fsp3) is 0.923. The molecular weight excluding hydrogens is 259 g/mol. The van der Waals surface area contributed by atoms with E-state index in [1.165, 1.54) is 0 Å². The lowest BCUT2D eigenvalue weighted by Gasteiger charge is -2.24. The third-order valence-corrected chi connectivity index (χ3v) is 2.93. The SMILES string of the molecule is CCCCCC[C@H](C(=O)OCCC)[C@H](N)C(F)(F)F. The van der Waals surface area contributed by atoms with Crippen LogP contribution in [0.2, 0.25) is 0 Å². The molecule has 3 nitrogen and oxygen atoms in total. The van der Waals surface area contributed by atoms with Gasteiger partial charge in [-0.15, -0.1) is 0 Å². The zero-order valence-electron chi connectivity index (χ0n) is 11.6. The maximum absolute atomic E-state index is 12.6. The Kier molecular flexibility index (Phi) is 8.80. The lowest BCUT2D eigenvalue weighted by Crippen LogP contribution is -2.47. The predicted octanol–water partition coefficient (Wildman–Crippen LogP) is 3.42. The Hall–Kier alpha value is -0.780. The minimum absolute atomic E-state index is 0.128.